The molecule has 3 aliphatic rings. The number of halogens is 3. The van der Waals surface area contributed by atoms with Crippen LogP contribution >= 0.6 is 22.9 Å². The lowest BCUT2D eigenvalue weighted by Gasteiger charge is -2.34. The number of piperazine rings is 1. The normalized spacial score (nSPS) is 17.8. The van der Waals surface area contributed by atoms with Gasteiger partial charge in [0.25, 0.3) is 0 Å². The number of aromatic nitrogens is 5. The van der Waals surface area contributed by atoms with Crippen LogP contribution in [0.1, 0.15) is 18.8 Å². The van der Waals surface area contributed by atoms with Gasteiger partial charge in [-0.3, -0.25) is 8.42 Å². The Balaban J connectivity index is 0.000000181. The van der Waals surface area contributed by atoms with Crippen LogP contribution in [-0.2, 0) is 34.4 Å². The summed E-state index contributed by atoms with van der Waals surface area (Å²) in [5.74, 6) is 1.89. The molecule has 0 radical (unpaired) electrons. The average molecular weight is 744 g/mol. The van der Waals surface area contributed by atoms with Crippen molar-refractivity contribution < 1.29 is 17.2 Å². The highest BCUT2D eigenvalue weighted by molar-refractivity contribution is 7.85. The molecule has 3 aromatic heterocycles. The van der Waals surface area contributed by atoms with E-state index >= 15 is 0 Å². The first-order valence-electron chi connectivity index (χ1n) is 15.0. The number of hydrogen-bond donors (Lipinski definition) is 2. The van der Waals surface area contributed by atoms with Crippen LogP contribution in [0.15, 0.2) is 69.9 Å². The molecular formula is C32H32ClF2N9O2S3. The van der Waals surface area contributed by atoms with Crippen LogP contribution in [0, 0.1) is 11.6 Å². The predicted octanol–water partition coefficient (Wildman–Crippen LogP) is 6.12. The van der Waals surface area contributed by atoms with Gasteiger partial charge in [-0.05, 0) is 48.0 Å². The van der Waals surface area contributed by atoms with Gasteiger partial charge < -0.3 is 20.4 Å². The van der Waals surface area contributed by atoms with Crippen LogP contribution in [0.5, 0.6) is 0 Å². The van der Waals surface area contributed by atoms with Crippen LogP contribution < -0.4 is 20.4 Å². The summed E-state index contributed by atoms with van der Waals surface area (Å²) in [6.07, 6.45) is 3.09. The van der Waals surface area contributed by atoms with E-state index in [0.717, 1.165) is 37.0 Å². The number of anilines is 6. The highest BCUT2D eigenvalue weighted by Gasteiger charge is 2.29. The highest BCUT2D eigenvalue weighted by Crippen LogP contribution is 2.33. The van der Waals surface area contributed by atoms with Gasteiger partial charge in [0.2, 0.25) is 11.2 Å². The number of fused-ring (bicyclic) bond motifs is 2. The fourth-order valence-corrected chi connectivity index (χ4v) is 9.03. The van der Waals surface area contributed by atoms with E-state index in [9.17, 15) is 17.2 Å². The third-order valence-corrected chi connectivity index (χ3v) is 11.7. The van der Waals surface area contributed by atoms with E-state index in [-0.39, 0.29) is 24.3 Å². The minimum atomic E-state index is -1.14. The van der Waals surface area contributed by atoms with E-state index in [1.807, 2.05) is 11.6 Å². The third kappa shape index (κ3) is 7.87. The SMILES string of the molecule is C.O=S1CCc2nc(Cl)nc(Nc3cccc(F)c3)c21.O=S1CCc2nc(N3CCN(c4nccs4)CC3)nc(Nc3cccc(F)c3)c21. The van der Waals surface area contributed by atoms with E-state index in [0.29, 0.717) is 68.8 Å². The fraction of sp³-hybridized carbons (Fsp3) is 0.281. The third-order valence-electron chi connectivity index (χ3n) is 7.76. The van der Waals surface area contributed by atoms with Gasteiger partial charge in [0.05, 0.1) is 33.0 Å². The standard InChI is InChI=1S/C19H19FN6OS2.C12H9ClFN3OS.CH4/c20-13-2-1-3-14(12-13)22-17-16-15(4-11-29(16)27)23-18(24-17)25-6-8-26(9-7-25)19-21-5-10-28-19;13-12-16-9-4-5-19(18)10(9)11(17-12)15-8-3-1-2-7(14)6-8;/h1-3,5,10,12H,4,6-9,11H2,(H,22,23,24);1-3,6H,4-5H2,(H,15,16,17);1H4. The Morgan fingerprint density at radius 1 is 0.755 bits per heavy atom. The molecule has 49 heavy (non-hydrogen) atoms. The van der Waals surface area contributed by atoms with Crippen molar-refractivity contribution in [2.75, 3.05) is 58.1 Å². The molecule has 6 heterocycles. The molecular weight excluding hydrogens is 712 g/mol. The van der Waals surface area contributed by atoms with Gasteiger partial charge in [-0.1, -0.05) is 19.6 Å². The van der Waals surface area contributed by atoms with Crippen molar-refractivity contribution in [2.45, 2.75) is 30.1 Å². The second kappa shape index (κ2) is 15.2. The molecule has 0 bridgehead atoms. The lowest BCUT2D eigenvalue weighted by Crippen LogP contribution is -2.47. The summed E-state index contributed by atoms with van der Waals surface area (Å²) in [7, 11) is -2.28. The molecule has 5 aromatic rings. The zero-order valence-electron chi connectivity index (χ0n) is 25.2. The average Bonchev–Trinajstić information content (AvgIpc) is 3.83. The van der Waals surface area contributed by atoms with E-state index in [4.69, 9.17) is 16.6 Å². The molecule has 11 nitrogen and oxygen atoms in total. The summed E-state index contributed by atoms with van der Waals surface area (Å²) >= 11 is 7.48. The predicted molar refractivity (Wildman–Crippen MR) is 192 cm³/mol. The van der Waals surface area contributed by atoms with E-state index in [2.05, 4.69) is 40.4 Å². The lowest BCUT2D eigenvalue weighted by atomic mass is 10.3. The van der Waals surface area contributed by atoms with Crippen molar-refractivity contribution in [1.82, 2.24) is 24.9 Å². The summed E-state index contributed by atoms with van der Waals surface area (Å²) in [6, 6.07) is 12.2. The number of hydrogen-bond acceptors (Lipinski definition) is 12. The number of aryl methyl sites for hydroxylation is 2. The quantitative estimate of drug-likeness (QED) is 0.195. The molecule has 0 aliphatic carbocycles. The highest BCUT2D eigenvalue weighted by atomic mass is 35.5. The van der Waals surface area contributed by atoms with Crippen LogP contribution in [0.25, 0.3) is 0 Å². The number of rotatable bonds is 6. The smallest absolute Gasteiger partial charge is 0.227 e. The molecule has 2 unspecified atom stereocenters. The van der Waals surface area contributed by atoms with Gasteiger partial charge in [-0.25, -0.2) is 23.7 Å². The van der Waals surface area contributed by atoms with Gasteiger partial charge in [0.15, 0.2) is 16.8 Å². The molecule has 0 amide bonds. The van der Waals surface area contributed by atoms with Gasteiger partial charge in [0.1, 0.15) is 21.4 Å². The second-order valence-corrected chi connectivity index (χ2v) is 15.2. The summed E-state index contributed by atoms with van der Waals surface area (Å²) in [6.45, 7) is 3.24. The minimum absolute atomic E-state index is 0. The Hall–Kier alpha value is -4.12. The van der Waals surface area contributed by atoms with Crippen LogP contribution in [0.4, 0.5) is 42.9 Å². The number of benzene rings is 2. The topological polar surface area (TPSA) is 129 Å². The maximum Gasteiger partial charge on any atom is 0.227 e. The maximum atomic E-state index is 13.6. The molecule has 0 saturated carbocycles. The Labute approximate surface area is 296 Å². The summed E-state index contributed by atoms with van der Waals surface area (Å²) < 4.78 is 51.2. The maximum absolute atomic E-state index is 13.6. The van der Waals surface area contributed by atoms with Crippen LogP contribution in [0.3, 0.4) is 0 Å². The van der Waals surface area contributed by atoms with Crippen molar-refractivity contribution >= 4 is 78.6 Å². The molecule has 256 valence electrons. The Morgan fingerprint density at radius 2 is 1.31 bits per heavy atom. The van der Waals surface area contributed by atoms with Gasteiger partial charge >= 0.3 is 0 Å². The monoisotopic (exact) mass is 743 g/mol. The first-order valence-corrected chi connectivity index (χ1v) is 18.9. The van der Waals surface area contributed by atoms with Crippen molar-refractivity contribution in [3.05, 3.63) is 88.4 Å². The molecule has 0 spiro atoms. The lowest BCUT2D eigenvalue weighted by molar-refractivity contribution is 0.628. The Kier molecular flexibility index (Phi) is 10.8. The Bertz CT molecular complexity index is 2010. The Morgan fingerprint density at radius 3 is 1.86 bits per heavy atom. The van der Waals surface area contributed by atoms with Crippen molar-refractivity contribution in [2.24, 2.45) is 0 Å². The number of thiazole rings is 1. The second-order valence-electron chi connectivity index (χ2n) is 10.9. The molecule has 1 saturated heterocycles. The largest absolute Gasteiger partial charge is 0.345 e. The molecule has 17 heteroatoms. The fourth-order valence-electron chi connectivity index (χ4n) is 5.54. The van der Waals surface area contributed by atoms with Gasteiger partial charge in [-0.2, -0.15) is 9.97 Å². The van der Waals surface area contributed by atoms with Crippen LogP contribution in [-0.4, -0.2) is 71.0 Å². The van der Waals surface area contributed by atoms with Crippen LogP contribution in [0.2, 0.25) is 5.28 Å². The van der Waals surface area contributed by atoms with Gasteiger partial charge in [-0.15, -0.1) is 11.3 Å². The molecule has 3 aliphatic heterocycles. The van der Waals surface area contributed by atoms with E-state index in [1.165, 1.54) is 24.3 Å². The summed E-state index contributed by atoms with van der Waals surface area (Å²) in [4.78, 5) is 27.5. The number of nitrogens with zero attached hydrogens (tertiary/aromatic N) is 7. The van der Waals surface area contributed by atoms with Gasteiger partial charge in [0, 0.05) is 73.5 Å². The number of nitrogens with one attached hydrogen (secondary N) is 2. The first-order chi connectivity index (χ1) is 23.3. The van der Waals surface area contributed by atoms with Crippen molar-refractivity contribution in [3.63, 3.8) is 0 Å². The molecule has 2 atom stereocenters. The van der Waals surface area contributed by atoms with Crippen molar-refractivity contribution in [1.29, 1.82) is 0 Å². The van der Waals surface area contributed by atoms with E-state index < -0.39 is 21.6 Å². The molecule has 2 aromatic carbocycles. The molecule has 1 fully saturated rings. The molecule has 2 N–H and O–H groups in total. The zero-order chi connectivity index (χ0) is 33.2. The first kappa shape index (κ1) is 34.7. The summed E-state index contributed by atoms with van der Waals surface area (Å²) in [5, 5.41) is 9.21. The van der Waals surface area contributed by atoms with Crippen molar-refractivity contribution in [3.8, 4) is 0 Å². The zero-order valence-corrected chi connectivity index (χ0v) is 28.4. The minimum Gasteiger partial charge on any atom is -0.345 e. The summed E-state index contributed by atoms with van der Waals surface area (Å²) in [5.41, 5.74) is 2.61. The van der Waals surface area contributed by atoms with E-state index in [1.54, 1.807) is 35.6 Å². The molecule has 8 rings (SSSR count).